The predicted molar refractivity (Wildman–Crippen MR) is 96.8 cm³/mol. The van der Waals surface area contributed by atoms with Gasteiger partial charge in [0.2, 0.25) is 5.91 Å². The summed E-state index contributed by atoms with van der Waals surface area (Å²) in [6.45, 7) is 1.92. The Morgan fingerprint density at radius 1 is 1.23 bits per heavy atom. The molecule has 134 valence electrons. The topological polar surface area (TPSA) is 98.1 Å². The van der Waals surface area contributed by atoms with Crippen molar-refractivity contribution in [1.29, 1.82) is 0 Å². The number of pyridine rings is 1. The standard InChI is InChI=1S/C17H20N8O/c1-22-9-11(8-19-22)16-17-13(25(18)21-16)4-5-14(20-17)23-6-7-24(12-2-3-12)15(26)10-23/h4-5,8-9,12H,2-3,6-7,10,18H2,1H3. The highest BCUT2D eigenvalue weighted by Gasteiger charge is 2.36. The lowest BCUT2D eigenvalue weighted by Crippen LogP contribution is -2.51. The van der Waals surface area contributed by atoms with E-state index < -0.39 is 0 Å². The maximum absolute atomic E-state index is 12.4. The number of carbonyl (C=O) groups is 1. The van der Waals surface area contributed by atoms with E-state index in [9.17, 15) is 4.79 Å². The molecule has 2 aliphatic rings. The number of nitrogens with zero attached hydrogens (tertiary/aromatic N) is 7. The summed E-state index contributed by atoms with van der Waals surface area (Å²) in [6.07, 6.45) is 5.91. The van der Waals surface area contributed by atoms with Crippen molar-refractivity contribution in [2.45, 2.75) is 18.9 Å². The van der Waals surface area contributed by atoms with Gasteiger partial charge in [-0.05, 0) is 25.0 Å². The van der Waals surface area contributed by atoms with Crippen LogP contribution in [0.3, 0.4) is 0 Å². The molecular weight excluding hydrogens is 332 g/mol. The molecule has 2 fully saturated rings. The zero-order chi connectivity index (χ0) is 17.8. The predicted octanol–water partition coefficient (Wildman–Crippen LogP) is 0.357. The fraction of sp³-hybridized carbons (Fsp3) is 0.412. The smallest absolute Gasteiger partial charge is 0.242 e. The summed E-state index contributed by atoms with van der Waals surface area (Å²) in [7, 11) is 1.86. The van der Waals surface area contributed by atoms with Crippen LogP contribution in [0.2, 0.25) is 0 Å². The Hall–Kier alpha value is -3.10. The van der Waals surface area contributed by atoms with Crippen LogP contribution in [0, 0.1) is 0 Å². The molecule has 2 N–H and O–H groups in total. The fourth-order valence-corrected chi connectivity index (χ4v) is 3.58. The molecule has 1 aliphatic heterocycles. The summed E-state index contributed by atoms with van der Waals surface area (Å²) in [5.41, 5.74) is 3.02. The number of hydrogen-bond acceptors (Lipinski definition) is 6. The molecule has 0 atom stereocenters. The molecule has 26 heavy (non-hydrogen) atoms. The van der Waals surface area contributed by atoms with Crippen molar-refractivity contribution in [3.8, 4) is 11.3 Å². The van der Waals surface area contributed by atoms with Crippen molar-refractivity contribution in [2.75, 3.05) is 30.4 Å². The Morgan fingerprint density at radius 2 is 2.08 bits per heavy atom. The van der Waals surface area contributed by atoms with Crippen molar-refractivity contribution in [3.05, 3.63) is 24.5 Å². The molecule has 0 radical (unpaired) electrons. The molecule has 4 heterocycles. The number of hydrogen-bond donors (Lipinski definition) is 1. The maximum atomic E-state index is 12.4. The Labute approximate surface area is 150 Å². The van der Waals surface area contributed by atoms with Crippen molar-refractivity contribution in [3.63, 3.8) is 0 Å². The van der Waals surface area contributed by atoms with Gasteiger partial charge in [-0.1, -0.05) is 0 Å². The second-order valence-electron chi connectivity index (χ2n) is 6.97. The lowest BCUT2D eigenvalue weighted by Gasteiger charge is -2.35. The number of anilines is 1. The highest BCUT2D eigenvalue weighted by molar-refractivity contribution is 5.91. The van der Waals surface area contributed by atoms with Gasteiger partial charge < -0.3 is 15.6 Å². The number of amides is 1. The van der Waals surface area contributed by atoms with Crippen LogP contribution in [0.25, 0.3) is 22.3 Å². The first-order valence-corrected chi connectivity index (χ1v) is 8.78. The molecule has 1 aliphatic carbocycles. The van der Waals surface area contributed by atoms with Gasteiger partial charge in [0.05, 0.1) is 12.7 Å². The molecule has 9 nitrogen and oxygen atoms in total. The monoisotopic (exact) mass is 352 g/mol. The number of nitrogen functional groups attached to an aromatic ring is 1. The van der Waals surface area contributed by atoms with E-state index in [4.69, 9.17) is 10.8 Å². The van der Waals surface area contributed by atoms with Gasteiger partial charge >= 0.3 is 0 Å². The minimum Gasteiger partial charge on any atom is -0.346 e. The molecule has 9 heteroatoms. The molecule has 3 aromatic heterocycles. The Bertz CT molecular complexity index is 1000. The second kappa shape index (κ2) is 5.45. The summed E-state index contributed by atoms with van der Waals surface area (Å²) in [5, 5.41) is 8.60. The van der Waals surface area contributed by atoms with Crippen LogP contribution in [-0.2, 0) is 11.8 Å². The Balaban J connectivity index is 1.50. The van der Waals surface area contributed by atoms with E-state index in [1.165, 1.54) is 4.79 Å². The molecule has 1 amide bonds. The molecule has 3 aromatic rings. The van der Waals surface area contributed by atoms with Crippen LogP contribution in [0.5, 0.6) is 0 Å². The van der Waals surface area contributed by atoms with E-state index >= 15 is 0 Å². The number of nitrogens with two attached hydrogens (primary N) is 1. The van der Waals surface area contributed by atoms with E-state index in [1.54, 1.807) is 10.9 Å². The average Bonchev–Trinajstić information content (AvgIpc) is 3.30. The zero-order valence-electron chi connectivity index (χ0n) is 14.5. The van der Waals surface area contributed by atoms with Crippen LogP contribution in [-0.4, -0.2) is 61.1 Å². The normalized spacial score (nSPS) is 18.1. The molecule has 5 rings (SSSR count). The van der Waals surface area contributed by atoms with Gasteiger partial charge in [-0.2, -0.15) is 9.89 Å². The SMILES string of the molecule is Cn1cc(-c2nn(N)c3ccc(N4CCN(C5CC5)C(=O)C4)nc23)cn1. The third-order valence-electron chi connectivity index (χ3n) is 5.09. The average molecular weight is 352 g/mol. The number of fused-ring (bicyclic) bond motifs is 1. The summed E-state index contributed by atoms with van der Waals surface area (Å²) in [5.74, 6) is 6.95. The lowest BCUT2D eigenvalue weighted by molar-refractivity contribution is -0.131. The van der Waals surface area contributed by atoms with E-state index in [2.05, 4.69) is 10.2 Å². The lowest BCUT2D eigenvalue weighted by atomic mass is 10.2. The van der Waals surface area contributed by atoms with Gasteiger partial charge in [-0.25, -0.2) is 4.98 Å². The number of piperazine rings is 1. The minimum atomic E-state index is 0.183. The first kappa shape index (κ1) is 15.2. The van der Waals surface area contributed by atoms with E-state index in [1.807, 2.05) is 35.2 Å². The van der Waals surface area contributed by atoms with Gasteiger partial charge in [0.15, 0.2) is 0 Å². The summed E-state index contributed by atoms with van der Waals surface area (Å²) >= 11 is 0. The number of rotatable bonds is 3. The van der Waals surface area contributed by atoms with E-state index in [0.29, 0.717) is 18.3 Å². The van der Waals surface area contributed by atoms with Crippen molar-refractivity contribution in [1.82, 2.24) is 29.6 Å². The third-order valence-corrected chi connectivity index (χ3v) is 5.09. The van der Waals surface area contributed by atoms with Crippen molar-refractivity contribution >= 4 is 22.8 Å². The van der Waals surface area contributed by atoms with Gasteiger partial charge in [-0.3, -0.25) is 9.48 Å². The molecular formula is C17H20N8O. The van der Waals surface area contributed by atoms with Crippen molar-refractivity contribution in [2.24, 2.45) is 7.05 Å². The van der Waals surface area contributed by atoms with Gasteiger partial charge in [0.1, 0.15) is 22.5 Å². The molecule has 0 unspecified atom stereocenters. The largest absolute Gasteiger partial charge is 0.346 e. The van der Waals surface area contributed by atoms with Gasteiger partial charge in [0.25, 0.3) is 0 Å². The maximum Gasteiger partial charge on any atom is 0.242 e. The van der Waals surface area contributed by atoms with Crippen LogP contribution >= 0.6 is 0 Å². The molecule has 0 spiro atoms. The van der Waals surface area contributed by atoms with E-state index in [-0.39, 0.29) is 5.91 Å². The highest BCUT2D eigenvalue weighted by atomic mass is 16.2. The van der Waals surface area contributed by atoms with Crippen LogP contribution in [0.15, 0.2) is 24.5 Å². The zero-order valence-corrected chi connectivity index (χ0v) is 14.5. The first-order chi connectivity index (χ1) is 12.6. The number of carbonyl (C=O) groups excluding carboxylic acids is 1. The number of aryl methyl sites for hydroxylation is 1. The van der Waals surface area contributed by atoms with Gasteiger partial charge in [0, 0.05) is 37.9 Å². The van der Waals surface area contributed by atoms with Crippen LogP contribution in [0.4, 0.5) is 5.82 Å². The number of aromatic nitrogens is 5. The third kappa shape index (κ3) is 2.39. The van der Waals surface area contributed by atoms with Crippen LogP contribution in [0.1, 0.15) is 12.8 Å². The van der Waals surface area contributed by atoms with Crippen molar-refractivity contribution < 1.29 is 4.79 Å². The minimum absolute atomic E-state index is 0.183. The summed E-state index contributed by atoms with van der Waals surface area (Å²) in [6, 6.07) is 4.27. The van der Waals surface area contributed by atoms with Crippen LogP contribution < -0.4 is 10.7 Å². The quantitative estimate of drug-likeness (QED) is 0.684. The Kier molecular flexibility index (Phi) is 3.18. The van der Waals surface area contributed by atoms with Gasteiger partial charge in [-0.15, -0.1) is 5.10 Å². The second-order valence-corrected chi connectivity index (χ2v) is 6.97. The molecule has 1 saturated heterocycles. The first-order valence-electron chi connectivity index (χ1n) is 8.78. The summed E-state index contributed by atoms with van der Waals surface area (Å²) < 4.78 is 1.72. The summed E-state index contributed by atoms with van der Waals surface area (Å²) in [4.78, 5) is 22.6. The molecule has 0 bridgehead atoms. The highest BCUT2D eigenvalue weighted by Crippen LogP contribution is 2.30. The molecule has 0 aromatic carbocycles. The fourth-order valence-electron chi connectivity index (χ4n) is 3.58. The Morgan fingerprint density at radius 3 is 2.77 bits per heavy atom. The molecule has 1 saturated carbocycles. The van der Waals surface area contributed by atoms with E-state index in [0.717, 1.165) is 48.3 Å².